The number of carbonyl (C=O) groups excluding carboxylic acids is 1. The van der Waals surface area contributed by atoms with E-state index in [2.05, 4.69) is 14.8 Å². The summed E-state index contributed by atoms with van der Waals surface area (Å²) in [6, 6.07) is 6.29. The van der Waals surface area contributed by atoms with Crippen LogP contribution in [0, 0.1) is 6.92 Å². The highest BCUT2D eigenvalue weighted by molar-refractivity contribution is 7.99. The van der Waals surface area contributed by atoms with Crippen LogP contribution in [0.5, 0.6) is 11.5 Å². The monoisotopic (exact) mass is 402 g/mol. The van der Waals surface area contributed by atoms with Crippen LogP contribution in [0.25, 0.3) is 0 Å². The lowest BCUT2D eigenvalue weighted by atomic mass is 10.0. The summed E-state index contributed by atoms with van der Waals surface area (Å²) in [6.45, 7) is 2.74. The van der Waals surface area contributed by atoms with Crippen molar-refractivity contribution in [3.8, 4) is 11.5 Å². The van der Waals surface area contributed by atoms with Gasteiger partial charge >= 0.3 is 0 Å². The van der Waals surface area contributed by atoms with Crippen LogP contribution in [0.2, 0.25) is 0 Å². The van der Waals surface area contributed by atoms with Gasteiger partial charge in [-0.15, -0.1) is 10.2 Å². The number of carbonyl (C=O) groups is 1. The number of methoxy groups -OCH3 is 2. The number of amides is 1. The molecule has 2 fully saturated rings. The zero-order valence-electron chi connectivity index (χ0n) is 16.6. The van der Waals surface area contributed by atoms with Crippen molar-refractivity contribution in [3.63, 3.8) is 0 Å². The van der Waals surface area contributed by atoms with Crippen molar-refractivity contribution in [1.82, 2.24) is 19.7 Å². The number of hydrogen-bond acceptors (Lipinski definition) is 6. The third-order valence-corrected chi connectivity index (χ3v) is 6.37. The number of aryl methyl sites for hydroxylation is 1. The van der Waals surface area contributed by atoms with Gasteiger partial charge in [0, 0.05) is 18.2 Å². The number of likely N-dealkylation sites (tertiary alicyclic amines) is 1. The van der Waals surface area contributed by atoms with Crippen LogP contribution in [-0.4, -0.2) is 52.1 Å². The van der Waals surface area contributed by atoms with Gasteiger partial charge in [-0.2, -0.15) is 0 Å². The van der Waals surface area contributed by atoms with Crippen LogP contribution in [0.1, 0.15) is 49.2 Å². The van der Waals surface area contributed by atoms with Gasteiger partial charge in [0.05, 0.1) is 26.0 Å². The van der Waals surface area contributed by atoms with Gasteiger partial charge < -0.3 is 18.9 Å². The Morgan fingerprint density at radius 3 is 2.75 bits per heavy atom. The molecule has 8 heteroatoms. The molecule has 1 aromatic heterocycles. The lowest BCUT2D eigenvalue weighted by Gasteiger charge is -2.26. The summed E-state index contributed by atoms with van der Waals surface area (Å²) in [4.78, 5) is 15.0. The molecule has 0 bridgehead atoms. The molecule has 1 amide bonds. The maximum Gasteiger partial charge on any atom is 0.233 e. The minimum Gasteiger partial charge on any atom is -0.497 e. The number of thioether (sulfide) groups is 1. The third-order valence-electron chi connectivity index (χ3n) is 5.44. The van der Waals surface area contributed by atoms with E-state index < -0.39 is 0 Å². The summed E-state index contributed by atoms with van der Waals surface area (Å²) >= 11 is 1.49. The van der Waals surface area contributed by atoms with E-state index in [1.165, 1.54) is 24.6 Å². The van der Waals surface area contributed by atoms with Crippen molar-refractivity contribution < 1.29 is 14.3 Å². The van der Waals surface area contributed by atoms with Gasteiger partial charge in [0.2, 0.25) is 5.91 Å². The molecule has 28 heavy (non-hydrogen) atoms. The SMILES string of the molecule is COc1ccc(OC)c([C@H]2CCCN2C(=O)CSc2nnc(C)n2C2CC2)c1. The Bertz CT molecular complexity index is 865. The minimum absolute atomic E-state index is 0.0150. The Kier molecular flexibility index (Phi) is 5.48. The van der Waals surface area contributed by atoms with E-state index in [0.29, 0.717) is 11.8 Å². The predicted molar refractivity (Wildman–Crippen MR) is 107 cm³/mol. The normalized spacial score (nSPS) is 19.1. The highest BCUT2D eigenvalue weighted by Crippen LogP contribution is 2.40. The number of aromatic nitrogens is 3. The molecule has 1 atom stereocenters. The zero-order valence-corrected chi connectivity index (χ0v) is 17.4. The fraction of sp³-hybridized carbons (Fsp3) is 0.550. The van der Waals surface area contributed by atoms with Crippen molar-refractivity contribution in [2.45, 2.75) is 49.8 Å². The first kappa shape index (κ1) is 19.1. The molecule has 2 aromatic rings. The Balaban J connectivity index is 1.48. The van der Waals surface area contributed by atoms with Crippen LogP contribution in [0.15, 0.2) is 23.4 Å². The molecular formula is C20H26N4O3S. The van der Waals surface area contributed by atoms with Gasteiger partial charge in [-0.05, 0) is 50.8 Å². The largest absolute Gasteiger partial charge is 0.497 e. The molecule has 1 saturated carbocycles. The summed E-state index contributed by atoms with van der Waals surface area (Å²) in [5, 5.41) is 9.32. The van der Waals surface area contributed by atoms with E-state index in [-0.39, 0.29) is 11.9 Å². The van der Waals surface area contributed by atoms with Crippen LogP contribution in [0.4, 0.5) is 0 Å². The van der Waals surface area contributed by atoms with E-state index in [1.54, 1.807) is 14.2 Å². The fourth-order valence-electron chi connectivity index (χ4n) is 3.90. The topological polar surface area (TPSA) is 69.5 Å². The Morgan fingerprint density at radius 1 is 1.21 bits per heavy atom. The second-order valence-electron chi connectivity index (χ2n) is 7.27. The number of ether oxygens (including phenoxy) is 2. The van der Waals surface area contributed by atoms with Crippen molar-refractivity contribution in [1.29, 1.82) is 0 Å². The van der Waals surface area contributed by atoms with Crippen molar-refractivity contribution in [2.75, 3.05) is 26.5 Å². The fourth-order valence-corrected chi connectivity index (χ4v) is 4.84. The van der Waals surface area contributed by atoms with E-state index >= 15 is 0 Å². The second kappa shape index (κ2) is 8.03. The average Bonchev–Trinajstić information content (AvgIpc) is 3.30. The lowest BCUT2D eigenvalue weighted by Crippen LogP contribution is -2.32. The maximum atomic E-state index is 13.0. The van der Waals surface area contributed by atoms with Gasteiger partial charge in [0.1, 0.15) is 17.3 Å². The molecule has 0 N–H and O–H groups in total. The van der Waals surface area contributed by atoms with Crippen LogP contribution < -0.4 is 9.47 Å². The second-order valence-corrected chi connectivity index (χ2v) is 8.22. The Morgan fingerprint density at radius 2 is 2.04 bits per heavy atom. The number of benzene rings is 1. The van der Waals surface area contributed by atoms with E-state index in [4.69, 9.17) is 9.47 Å². The molecular weight excluding hydrogens is 376 g/mol. The molecule has 2 aliphatic rings. The van der Waals surface area contributed by atoms with Crippen LogP contribution >= 0.6 is 11.8 Å². The molecule has 2 heterocycles. The third kappa shape index (κ3) is 3.70. The Labute approximate surface area is 169 Å². The molecule has 1 aliphatic heterocycles. The molecule has 1 aromatic carbocycles. The molecule has 7 nitrogen and oxygen atoms in total. The summed E-state index contributed by atoms with van der Waals surface area (Å²) in [7, 11) is 3.31. The quantitative estimate of drug-likeness (QED) is 0.661. The zero-order chi connectivity index (χ0) is 19.7. The first-order valence-corrected chi connectivity index (χ1v) is 10.7. The van der Waals surface area contributed by atoms with E-state index in [0.717, 1.165) is 47.4 Å². The smallest absolute Gasteiger partial charge is 0.233 e. The molecule has 0 unspecified atom stereocenters. The van der Waals surface area contributed by atoms with Gasteiger partial charge in [-0.1, -0.05) is 11.8 Å². The van der Waals surface area contributed by atoms with Crippen LogP contribution in [0.3, 0.4) is 0 Å². The summed E-state index contributed by atoms with van der Waals surface area (Å²) in [5.41, 5.74) is 1.01. The molecule has 1 aliphatic carbocycles. The van der Waals surface area contributed by atoms with E-state index in [1.807, 2.05) is 30.0 Å². The highest BCUT2D eigenvalue weighted by Gasteiger charge is 2.33. The average molecular weight is 403 g/mol. The summed E-state index contributed by atoms with van der Waals surface area (Å²) in [5.74, 6) is 2.99. The van der Waals surface area contributed by atoms with Gasteiger partial charge in [-0.3, -0.25) is 4.79 Å². The molecule has 0 radical (unpaired) electrons. The van der Waals surface area contributed by atoms with Crippen molar-refractivity contribution >= 4 is 17.7 Å². The Hall–Kier alpha value is -2.22. The molecule has 4 rings (SSSR count). The number of rotatable bonds is 7. The van der Waals surface area contributed by atoms with Crippen molar-refractivity contribution in [3.05, 3.63) is 29.6 Å². The summed E-state index contributed by atoms with van der Waals surface area (Å²) < 4.78 is 13.1. The molecule has 150 valence electrons. The number of hydrogen-bond donors (Lipinski definition) is 0. The van der Waals surface area contributed by atoms with Crippen molar-refractivity contribution in [2.24, 2.45) is 0 Å². The maximum absolute atomic E-state index is 13.0. The highest BCUT2D eigenvalue weighted by atomic mass is 32.2. The predicted octanol–water partition coefficient (Wildman–Crippen LogP) is 3.39. The van der Waals surface area contributed by atoms with E-state index in [9.17, 15) is 4.79 Å². The first-order valence-electron chi connectivity index (χ1n) is 9.68. The first-order chi connectivity index (χ1) is 13.6. The standard InChI is InChI=1S/C20H26N4O3S/c1-13-21-22-20(24(13)14-6-7-14)28-12-19(25)23-10-4-5-17(23)16-11-15(26-2)8-9-18(16)27-3/h8-9,11,14,17H,4-7,10,12H2,1-3H3/t17-/m1/s1. The molecule has 1 saturated heterocycles. The van der Waals surface area contributed by atoms with Gasteiger partial charge in [-0.25, -0.2) is 0 Å². The van der Waals surface area contributed by atoms with Gasteiger partial charge in [0.15, 0.2) is 5.16 Å². The number of nitrogens with zero attached hydrogens (tertiary/aromatic N) is 4. The van der Waals surface area contributed by atoms with Gasteiger partial charge in [0.25, 0.3) is 0 Å². The molecule has 0 spiro atoms. The minimum atomic E-state index is 0.0150. The van der Waals surface area contributed by atoms with Crippen LogP contribution in [-0.2, 0) is 4.79 Å². The summed E-state index contributed by atoms with van der Waals surface area (Å²) in [6.07, 6.45) is 4.25. The lowest BCUT2D eigenvalue weighted by molar-refractivity contribution is -0.129.